The van der Waals surface area contributed by atoms with E-state index in [1.807, 2.05) is 30.3 Å². The zero-order valence-corrected chi connectivity index (χ0v) is 20.1. The average molecular weight is 495 g/mol. The number of hydroxylamine groups is 1. The largest absolute Gasteiger partial charge is 0.493 e. The number of hydrogen-bond acceptors (Lipinski definition) is 7. The molecule has 9 heteroatoms. The number of imide groups is 1. The zero-order valence-electron chi connectivity index (χ0n) is 19.3. The minimum atomic E-state index is -0.998. The molecule has 0 saturated carbocycles. The van der Waals surface area contributed by atoms with Crippen LogP contribution in [0.2, 0.25) is 5.02 Å². The van der Waals surface area contributed by atoms with Gasteiger partial charge < -0.3 is 14.2 Å². The average Bonchev–Trinajstić information content (AvgIpc) is 3.40. The molecule has 2 fully saturated rings. The Morgan fingerprint density at radius 2 is 1.43 bits per heavy atom. The maximum Gasteiger partial charge on any atom is 0.266 e. The van der Waals surface area contributed by atoms with Crippen molar-refractivity contribution in [1.29, 1.82) is 0 Å². The maximum absolute atomic E-state index is 13.8. The molecule has 0 aliphatic carbocycles. The van der Waals surface area contributed by atoms with Gasteiger partial charge in [0.15, 0.2) is 17.6 Å². The fourth-order valence-corrected chi connectivity index (χ4v) is 4.79. The molecule has 2 amide bonds. The molecule has 2 aliphatic rings. The Kier molecular flexibility index (Phi) is 6.00. The second kappa shape index (κ2) is 9.13. The van der Waals surface area contributed by atoms with E-state index < -0.39 is 24.0 Å². The van der Waals surface area contributed by atoms with E-state index in [9.17, 15) is 9.59 Å². The molecule has 3 atom stereocenters. The summed E-state index contributed by atoms with van der Waals surface area (Å²) in [7, 11) is 4.57. The van der Waals surface area contributed by atoms with Crippen LogP contribution >= 0.6 is 11.6 Å². The SMILES string of the molecule is COc1cc([C@H]2[C@@H]3C(=O)N(c4ccc(Cl)cc4)C(=O)[C@H]3ON2c2ccccc2)cc(OC)c1OC. The number of rotatable bonds is 6. The van der Waals surface area contributed by atoms with Crippen LogP contribution in [0.15, 0.2) is 66.7 Å². The number of anilines is 2. The van der Waals surface area contributed by atoms with Gasteiger partial charge in [0.1, 0.15) is 5.92 Å². The van der Waals surface area contributed by atoms with E-state index in [0.717, 1.165) is 0 Å². The molecule has 0 radical (unpaired) electrons. The fraction of sp³-hybridized carbons (Fsp3) is 0.231. The summed E-state index contributed by atoms with van der Waals surface area (Å²) in [4.78, 5) is 34.5. The lowest BCUT2D eigenvalue weighted by atomic mass is 9.90. The predicted octanol–water partition coefficient (Wildman–Crippen LogP) is 4.42. The van der Waals surface area contributed by atoms with Crippen LogP contribution in [0.1, 0.15) is 11.6 Å². The van der Waals surface area contributed by atoms with Gasteiger partial charge in [0, 0.05) is 5.02 Å². The van der Waals surface area contributed by atoms with Crippen molar-refractivity contribution in [2.45, 2.75) is 12.1 Å². The molecule has 2 heterocycles. The third kappa shape index (κ3) is 3.75. The highest BCUT2D eigenvalue weighted by Crippen LogP contribution is 2.50. The van der Waals surface area contributed by atoms with E-state index in [0.29, 0.717) is 39.2 Å². The highest BCUT2D eigenvalue weighted by molar-refractivity contribution is 6.31. The Morgan fingerprint density at radius 1 is 0.800 bits per heavy atom. The molecule has 8 nitrogen and oxygen atoms in total. The second-order valence-electron chi connectivity index (χ2n) is 8.10. The van der Waals surface area contributed by atoms with Gasteiger partial charge in [-0.05, 0) is 54.1 Å². The summed E-state index contributed by atoms with van der Waals surface area (Å²) in [5.74, 6) is -0.301. The number of carbonyl (C=O) groups excluding carboxylic acids is 2. The summed E-state index contributed by atoms with van der Waals surface area (Å²) in [5, 5.41) is 2.13. The van der Waals surface area contributed by atoms with Crippen molar-refractivity contribution in [3.8, 4) is 17.2 Å². The normalized spacial score (nSPS) is 21.3. The number of para-hydroxylation sites is 1. The van der Waals surface area contributed by atoms with Crippen molar-refractivity contribution in [2.24, 2.45) is 5.92 Å². The minimum Gasteiger partial charge on any atom is -0.493 e. The molecule has 5 rings (SSSR count). The number of hydrogen-bond donors (Lipinski definition) is 0. The Bertz CT molecular complexity index is 1240. The zero-order chi connectivity index (χ0) is 24.7. The molecule has 0 N–H and O–H groups in total. The van der Waals surface area contributed by atoms with Gasteiger partial charge in [0.25, 0.3) is 5.91 Å². The summed E-state index contributed by atoms with van der Waals surface area (Å²) in [6.45, 7) is 0. The Labute approximate surface area is 207 Å². The molecule has 0 unspecified atom stereocenters. The molecule has 0 bridgehead atoms. The maximum atomic E-state index is 13.8. The van der Waals surface area contributed by atoms with Crippen molar-refractivity contribution < 1.29 is 28.6 Å². The monoisotopic (exact) mass is 494 g/mol. The number of carbonyl (C=O) groups is 2. The molecular weight excluding hydrogens is 472 g/mol. The van der Waals surface area contributed by atoms with E-state index in [1.165, 1.54) is 26.2 Å². The topological polar surface area (TPSA) is 77.5 Å². The molecular formula is C26H23ClN2O6. The number of fused-ring (bicyclic) bond motifs is 1. The number of amides is 2. The quantitative estimate of drug-likeness (QED) is 0.469. The van der Waals surface area contributed by atoms with Crippen LogP contribution in [-0.4, -0.2) is 39.2 Å². The molecule has 0 spiro atoms. The number of ether oxygens (including phenoxy) is 3. The van der Waals surface area contributed by atoms with Crippen LogP contribution in [0.25, 0.3) is 0 Å². The summed E-state index contributed by atoms with van der Waals surface area (Å²) < 4.78 is 16.5. The van der Waals surface area contributed by atoms with Gasteiger partial charge in [0.05, 0.1) is 38.7 Å². The van der Waals surface area contributed by atoms with E-state index in [4.69, 9.17) is 30.6 Å². The van der Waals surface area contributed by atoms with Crippen LogP contribution in [0, 0.1) is 5.92 Å². The smallest absolute Gasteiger partial charge is 0.266 e. The fourth-order valence-electron chi connectivity index (χ4n) is 4.67. The summed E-state index contributed by atoms with van der Waals surface area (Å²) in [5.41, 5.74) is 1.83. The highest BCUT2D eigenvalue weighted by Gasteiger charge is 2.60. The lowest BCUT2D eigenvalue weighted by Crippen LogP contribution is -2.37. The molecule has 3 aromatic rings. The van der Waals surface area contributed by atoms with Crippen molar-refractivity contribution >= 4 is 34.8 Å². The molecule has 35 heavy (non-hydrogen) atoms. The molecule has 3 aromatic carbocycles. The minimum absolute atomic E-state index is 0.362. The van der Waals surface area contributed by atoms with Gasteiger partial charge in [-0.15, -0.1) is 0 Å². The lowest BCUT2D eigenvalue weighted by Gasteiger charge is -2.29. The van der Waals surface area contributed by atoms with Gasteiger partial charge >= 0.3 is 0 Å². The van der Waals surface area contributed by atoms with Crippen LogP contribution in [0.5, 0.6) is 17.2 Å². The van der Waals surface area contributed by atoms with Crippen LogP contribution in [-0.2, 0) is 14.4 Å². The first-order chi connectivity index (χ1) is 17.0. The summed E-state index contributed by atoms with van der Waals surface area (Å²) in [6.07, 6.45) is -0.998. The number of halogens is 1. The summed E-state index contributed by atoms with van der Waals surface area (Å²) in [6, 6.07) is 18.8. The first-order valence-electron chi connectivity index (χ1n) is 10.9. The third-order valence-corrected chi connectivity index (χ3v) is 6.49. The van der Waals surface area contributed by atoms with Crippen molar-refractivity contribution in [1.82, 2.24) is 0 Å². The lowest BCUT2D eigenvalue weighted by molar-refractivity contribution is -0.126. The number of benzene rings is 3. The molecule has 2 saturated heterocycles. The number of nitrogens with zero attached hydrogens (tertiary/aromatic N) is 2. The third-order valence-electron chi connectivity index (χ3n) is 6.24. The van der Waals surface area contributed by atoms with E-state index >= 15 is 0 Å². The first-order valence-corrected chi connectivity index (χ1v) is 11.3. The highest BCUT2D eigenvalue weighted by atomic mass is 35.5. The van der Waals surface area contributed by atoms with Gasteiger partial charge in [0.2, 0.25) is 11.7 Å². The van der Waals surface area contributed by atoms with Gasteiger partial charge in [-0.3, -0.25) is 14.4 Å². The van der Waals surface area contributed by atoms with Crippen molar-refractivity contribution in [3.05, 3.63) is 77.3 Å². The predicted molar refractivity (Wildman–Crippen MR) is 130 cm³/mol. The van der Waals surface area contributed by atoms with E-state index in [-0.39, 0.29) is 5.91 Å². The van der Waals surface area contributed by atoms with Crippen LogP contribution in [0.3, 0.4) is 0 Å². The first kappa shape index (κ1) is 23.0. The molecule has 0 aromatic heterocycles. The summed E-state index contributed by atoms with van der Waals surface area (Å²) >= 11 is 6.01. The van der Waals surface area contributed by atoms with E-state index in [2.05, 4.69) is 0 Å². The second-order valence-corrected chi connectivity index (χ2v) is 8.54. The molecule has 2 aliphatic heterocycles. The van der Waals surface area contributed by atoms with Crippen LogP contribution < -0.4 is 24.2 Å². The molecule has 180 valence electrons. The van der Waals surface area contributed by atoms with Gasteiger partial charge in [-0.25, -0.2) is 9.96 Å². The van der Waals surface area contributed by atoms with Crippen molar-refractivity contribution in [3.63, 3.8) is 0 Å². The standard InChI is InChI=1S/C26H23ClN2O6/c1-32-19-13-15(14-20(33-2)23(19)34-3)22-21-24(35-29(22)18-7-5-4-6-8-18)26(31)28(25(21)30)17-11-9-16(27)10-12-17/h4-14,21-22,24H,1-3H3/t21-,22-,24-/m0/s1. The Balaban J connectivity index is 1.64. The Hall–Kier alpha value is -3.75. The van der Waals surface area contributed by atoms with Gasteiger partial charge in [-0.1, -0.05) is 29.8 Å². The van der Waals surface area contributed by atoms with Crippen molar-refractivity contribution in [2.75, 3.05) is 31.3 Å². The van der Waals surface area contributed by atoms with Gasteiger partial charge in [-0.2, -0.15) is 0 Å². The Morgan fingerprint density at radius 3 is 2.00 bits per heavy atom. The number of methoxy groups -OCH3 is 3. The van der Waals surface area contributed by atoms with Crippen LogP contribution in [0.4, 0.5) is 11.4 Å². The van der Waals surface area contributed by atoms with E-state index in [1.54, 1.807) is 41.5 Å².